The quantitative estimate of drug-likeness (QED) is 0.364. The largest absolute Gasteiger partial charge is 0.452 e. The van der Waals surface area contributed by atoms with E-state index >= 15 is 0 Å². The van der Waals surface area contributed by atoms with Gasteiger partial charge in [0.05, 0.1) is 10.5 Å². The van der Waals surface area contributed by atoms with E-state index in [1.54, 1.807) is 31.5 Å². The van der Waals surface area contributed by atoms with Crippen molar-refractivity contribution < 1.29 is 19.2 Å². The van der Waals surface area contributed by atoms with Crippen LogP contribution in [-0.2, 0) is 9.53 Å². The standard InChI is InChI=1S/C16H15N3O5S/c1-10-5-6-11(8-13(10)19(22)23)18-14(20)9-24-16(21)12-4-3-7-17-15(12)25-2/h3-8H,9H2,1-2H3,(H,18,20). The zero-order chi connectivity index (χ0) is 18.4. The van der Waals surface area contributed by atoms with Crippen molar-refractivity contribution in [2.24, 2.45) is 0 Å². The molecule has 25 heavy (non-hydrogen) atoms. The maximum absolute atomic E-state index is 12.0. The van der Waals surface area contributed by atoms with Crippen molar-refractivity contribution >= 4 is 35.0 Å². The smallest absolute Gasteiger partial charge is 0.341 e. The molecule has 0 fully saturated rings. The van der Waals surface area contributed by atoms with E-state index in [1.807, 2.05) is 0 Å². The van der Waals surface area contributed by atoms with E-state index in [1.165, 1.54) is 30.0 Å². The number of aryl methyl sites for hydroxylation is 1. The molecule has 1 heterocycles. The van der Waals surface area contributed by atoms with E-state index in [2.05, 4.69) is 10.3 Å². The second-order valence-corrected chi connectivity index (χ2v) is 5.74. The molecule has 0 unspecified atom stereocenters. The van der Waals surface area contributed by atoms with Crippen LogP contribution in [0.5, 0.6) is 0 Å². The van der Waals surface area contributed by atoms with Gasteiger partial charge in [0.2, 0.25) is 0 Å². The first kappa shape index (κ1) is 18.4. The molecular formula is C16H15N3O5S. The van der Waals surface area contributed by atoms with Crippen LogP contribution < -0.4 is 5.32 Å². The van der Waals surface area contributed by atoms with E-state index in [9.17, 15) is 19.7 Å². The Kier molecular flexibility index (Phi) is 6.07. The van der Waals surface area contributed by atoms with Gasteiger partial charge in [-0.2, -0.15) is 0 Å². The molecular weight excluding hydrogens is 346 g/mol. The Morgan fingerprint density at radius 3 is 2.80 bits per heavy atom. The van der Waals surface area contributed by atoms with E-state index in [0.29, 0.717) is 10.6 Å². The number of nitrogens with one attached hydrogen (secondary N) is 1. The number of anilines is 1. The van der Waals surface area contributed by atoms with Crippen LogP contribution in [0.3, 0.4) is 0 Å². The van der Waals surface area contributed by atoms with Crippen molar-refractivity contribution in [2.45, 2.75) is 11.9 Å². The van der Waals surface area contributed by atoms with Crippen molar-refractivity contribution in [2.75, 3.05) is 18.2 Å². The molecule has 0 atom stereocenters. The van der Waals surface area contributed by atoms with Crippen molar-refractivity contribution in [3.8, 4) is 0 Å². The molecule has 0 aliphatic heterocycles. The maximum Gasteiger partial charge on any atom is 0.341 e. The molecule has 130 valence electrons. The summed E-state index contributed by atoms with van der Waals surface area (Å²) in [5, 5.41) is 13.9. The van der Waals surface area contributed by atoms with Crippen LogP contribution in [0, 0.1) is 17.0 Å². The van der Waals surface area contributed by atoms with Gasteiger partial charge in [0.1, 0.15) is 5.03 Å². The Morgan fingerprint density at radius 2 is 2.12 bits per heavy atom. The number of aromatic nitrogens is 1. The van der Waals surface area contributed by atoms with Gasteiger partial charge in [-0.25, -0.2) is 9.78 Å². The highest BCUT2D eigenvalue weighted by molar-refractivity contribution is 7.98. The number of ether oxygens (including phenoxy) is 1. The number of rotatable bonds is 6. The number of nitrogens with zero attached hydrogens (tertiary/aromatic N) is 2. The van der Waals surface area contributed by atoms with Gasteiger partial charge in [-0.05, 0) is 31.4 Å². The van der Waals surface area contributed by atoms with E-state index in [0.717, 1.165) is 0 Å². The number of thioether (sulfide) groups is 1. The van der Waals surface area contributed by atoms with Gasteiger partial charge in [0, 0.05) is 23.5 Å². The van der Waals surface area contributed by atoms with Gasteiger partial charge in [-0.1, -0.05) is 6.07 Å². The zero-order valence-corrected chi connectivity index (χ0v) is 14.3. The van der Waals surface area contributed by atoms with Crippen molar-refractivity contribution in [3.05, 3.63) is 57.8 Å². The highest BCUT2D eigenvalue weighted by Crippen LogP contribution is 2.22. The fourth-order valence-corrected chi connectivity index (χ4v) is 2.54. The summed E-state index contributed by atoms with van der Waals surface area (Å²) in [6.45, 7) is 1.09. The van der Waals surface area contributed by atoms with Gasteiger partial charge in [0.15, 0.2) is 6.61 Å². The third-order valence-corrected chi connectivity index (χ3v) is 3.92. The number of carbonyl (C=O) groups excluding carboxylic acids is 2. The van der Waals surface area contributed by atoms with Gasteiger partial charge < -0.3 is 10.1 Å². The summed E-state index contributed by atoms with van der Waals surface area (Å²) in [6.07, 6.45) is 3.33. The normalized spacial score (nSPS) is 10.2. The van der Waals surface area contributed by atoms with E-state index < -0.39 is 23.4 Å². The number of nitro groups is 1. The number of carbonyl (C=O) groups is 2. The van der Waals surface area contributed by atoms with Crippen LogP contribution in [0.1, 0.15) is 15.9 Å². The summed E-state index contributed by atoms with van der Waals surface area (Å²) in [6, 6.07) is 7.47. The Bertz CT molecular complexity index is 825. The summed E-state index contributed by atoms with van der Waals surface area (Å²) in [5.74, 6) is -1.26. The number of benzene rings is 1. The van der Waals surface area contributed by atoms with Gasteiger partial charge in [-0.3, -0.25) is 14.9 Å². The predicted octanol–water partition coefficient (Wildman–Crippen LogP) is 2.82. The average Bonchev–Trinajstić information content (AvgIpc) is 2.61. The van der Waals surface area contributed by atoms with E-state index in [-0.39, 0.29) is 16.9 Å². The Labute approximate surface area is 147 Å². The Hall–Kier alpha value is -2.94. The Balaban J connectivity index is 1.98. The van der Waals surface area contributed by atoms with Crippen LogP contribution in [0.15, 0.2) is 41.6 Å². The SMILES string of the molecule is CSc1ncccc1C(=O)OCC(=O)Nc1ccc(C)c([N+](=O)[O-])c1. The summed E-state index contributed by atoms with van der Waals surface area (Å²) < 4.78 is 4.97. The summed E-state index contributed by atoms with van der Waals surface area (Å²) in [7, 11) is 0. The lowest BCUT2D eigenvalue weighted by molar-refractivity contribution is -0.385. The first-order valence-corrected chi connectivity index (χ1v) is 8.36. The number of amides is 1. The molecule has 1 N–H and O–H groups in total. The lowest BCUT2D eigenvalue weighted by atomic mass is 10.2. The Morgan fingerprint density at radius 1 is 1.36 bits per heavy atom. The molecule has 9 heteroatoms. The molecule has 2 aromatic rings. The molecule has 2 rings (SSSR count). The maximum atomic E-state index is 12.0. The first-order chi connectivity index (χ1) is 11.9. The molecule has 0 saturated carbocycles. The van der Waals surface area contributed by atoms with Crippen LogP contribution in [0.2, 0.25) is 0 Å². The third-order valence-electron chi connectivity index (χ3n) is 3.21. The third kappa shape index (κ3) is 4.77. The highest BCUT2D eigenvalue weighted by Gasteiger charge is 2.16. The second kappa shape index (κ2) is 8.25. The number of pyridine rings is 1. The van der Waals surface area contributed by atoms with Crippen molar-refractivity contribution in [3.63, 3.8) is 0 Å². The minimum absolute atomic E-state index is 0.102. The fraction of sp³-hybridized carbons (Fsp3) is 0.188. The van der Waals surface area contributed by atoms with Gasteiger partial charge >= 0.3 is 5.97 Å². The molecule has 1 aromatic heterocycles. The van der Waals surface area contributed by atoms with E-state index in [4.69, 9.17) is 4.74 Å². The molecule has 0 aliphatic rings. The minimum atomic E-state index is -0.664. The number of hydrogen-bond acceptors (Lipinski definition) is 7. The summed E-state index contributed by atoms with van der Waals surface area (Å²) in [4.78, 5) is 38.3. The first-order valence-electron chi connectivity index (χ1n) is 7.13. The monoisotopic (exact) mass is 361 g/mol. The highest BCUT2D eigenvalue weighted by atomic mass is 32.2. The van der Waals surface area contributed by atoms with Gasteiger partial charge in [0.25, 0.3) is 11.6 Å². The summed E-state index contributed by atoms with van der Waals surface area (Å²) in [5.41, 5.74) is 0.906. The molecule has 0 bridgehead atoms. The molecule has 0 saturated heterocycles. The molecule has 1 aromatic carbocycles. The fourth-order valence-electron chi connectivity index (χ4n) is 2.00. The molecule has 0 radical (unpaired) electrons. The number of esters is 1. The lowest BCUT2D eigenvalue weighted by Gasteiger charge is -2.08. The topological polar surface area (TPSA) is 111 Å². The van der Waals surface area contributed by atoms with Crippen LogP contribution in [0.4, 0.5) is 11.4 Å². The summed E-state index contributed by atoms with van der Waals surface area (Å²) >= 11 is 1.29. The molecule has 8 nitrogen and oxygen atoms in total. The van der Waals surface area contributed by atoms with Gasteiger partial charge in [-0.15, -0.1) is 11.8 Å². The molecule has 0 aliphatic carbocycles. The number of nitro benzene ring substituents is 1. The minimum Gasteiger partial charge on any atom is -0.452 e. The van der Waals surface area contributed by atoms with Crippen molar-refractivity contribution in [1.29, 1.82) is 0 Å². The van der Waals surface area contributed by atoms with Crippen LogP contribution in [-0.4, -0.2) is 34.6 Å². The van der Waals surface area contributed by atoms with Crippen LogP contribution >= 0.6 is 11.8 Å². The molecule has 1 amide bonds. The number of hydrogen-bond donors (Lipinski definition) is 1. The zero-order valence-electron chi connectivity index (χ0n) is 13.5. The molecule has 0 spiro atoms. The average molecular weight is 361 g/mol. The van der Waals surface area contributed by atoms with Crippen molar-refractivity contribution in [1.82, 2.24) is 4.98 Å². The lowest BCUT2D eigenvalue weighted by Crippen LogP contribution is -2.21. The second-order valence-electron chi connectivity index (χ2n) is 4.94. The predicted molar refractivity (Wildman–Crippen MR) is 92.8 cm³/mol. The van der Waals surface area contributed by atoms with Crippen LogP contribution in [0.25, 0.3) is 0 Å².